The van der Waals surface area contributed by atoms with Crippen LogP contribution in [-0.2, 0) is 20.0 Å². The van der Waals surface area contributed by atoms with E-state index in [-0.39, 0.29) is 28.7 Å². The number of rotatable bonds is 7. The van der Waals surface area contributed by atoms with Gasteiger partial charge in [0, 0.05) is 24.1 Å². The summed E-state index contributed by atoms with van der Waals surface area (Å²) in [5, 5.41) is 12.2. The molecule has 2 aromatic carbocycles. The molecule has 2 heterocycles. The first-order chi connectivity index (χ1) is 16.2. The van der Waals surface area contributed by atoms with E-state index in [1.807, 2.05) is 0 Å². The Kier molecular flexibility index (Phi) is 6.60. The van der Waals surface area contributed by atoms with Gasteiger partial charge in [0.05, 0.1) is 21.9 Å². The molecule has 0 aliphatic carbocycles. The number of fused-ring (bicyclic) bond motifs is 2. The summed E-state index contributed by atoms with van der Waals surface area (Å²) < 4.78 is 56.3. The molecule has 2 aromatic rings. The van der Waals surface area contributed by atoms with Crippen molar-refractivity contribution in [3.63, 3.8) is 0 Å². The molecule has 1 unspecified atom stereocenters. The highest BCUT2D eigenvalue weighted by atomic mass is 32.2. The average Bonchev–Trinajstić information content (AvgIpc) is 3.09. The summed E-state index contributed by atoms with van der Waals surface area (Å²) in [5.41, 5.74) is 1.27. The maximum absolute atomic E-state index is 14.0. The second-order valence-electron chi connectivity index (χ2n) is 8.69. The molecule has 1 amide bonds. The third kappa shape index (κ3) is 4.50. The number of benzene rings is 2. The molecule has 4 rings (SSSR count). The van der Waals surface area contributed by atoms with E-state index in [0.717, 1.165) is 17.5 Å². The molecule has 1 atom stereocenters. The van der Waals surface area contributed by atoms with Gasteiger partial charge in [-0.1, -0.05) is 0 Å². The number of amides is 1. The van der Waals surface area contributed by atoms with Gasteiger partial charge in [-0.15, -0.1) is 0 Å². The number of sulfone groups is 1. The number of alkyl halides is 2. The second kappa shape index (κ2) is 9.31. The molecule has 1 saturated heterocycles. The smallest absolute Gasteiger partial charge is 0.235 e. The number of nitrogens with zero attached hydrogens (tertiary/aromatic N) is 2. The molecule has 0 radical (unpaired) electrons. The number of nitrogens with one attached hydrogen (secondary N) is 1. The molecular weight excluding hydrogens is 464 g/mol. The van der Waals surface area contributed by atoms with E-state index in [0.29, 0.717) is 38.0 Å². The van der Waals surface area contributed by atoms with E-state index in [1.165, 1.54) is 18.2 Å². The Hall–Kier alpha value is -3.03. The van der Waals surface area contributed by atoms with Gasteiger partial charge in [-0.2, -0.15) is 5.26 Å². The van der Waals surface area contributed by atoms with Crippen LogP contribution in [0.25, 0.3) is 0 Å². The quantitative estimate of drug-likeness (QED) is 0.641. The van der Waals surface area contributed by atoms with E-state index in [2.05, 4.69) is 16.3 Å². The molecule has 1 N–H and O–H groups in total. The van der Waals surface area contributed by atoms with Gasteiger partial charge in [0.25, 0.3) is 0 Å². The summed E-state index contributed by atoms with van der Waals surface area (Å²) in [4.78, 5) is 14.7. The lowest BCUT2D eigenvalue weighted by Crippen LogP contribution is -2.47. The topological polar surface area (TPSA) is 99.5 Å². The molecule has 1 fully saturated rings. The Balaban J connectivity index is 1.38. The fraction of sp³-hybridized carbons (Fsp3) is 0.417. The van der Waals surface area contributed by atoms with E-state index in [4.69, 9.17) is 4.74 Å². The molecule has 2 aliphatic heterocycles. The monoisotopic (exact) mass is 489 g/mol. The number of carbonyl (C=O) groups is 1. The standard InChI is InChI=1S/C24H25F2N3O4S/c1-34(31,32)22-5-3-17(13-18(22)20(26)14-25)33-11-10-29-8-6-24(7-9-29)19-12-16(15-27)2-4-21(19)28-23(24)30/h2-5,12-13,20H,6-11,14H2,1H3,(H,28,30). The van der Waals surface area contributed by atoms with E-state index in [9.17, 15) is 27.3 Å². The highest BCUT2D eigenvalue weighted by Gasteiger charge is 2.48. The Labute approximate surface area is 197 Å². The lowest BCUT2D eigenvalue weighted by molar-refractivity contribution is -0.122. The van der Waals surface area contributed by atoms with Gasteiger partial charge in [0.15, 0.2) is 16.0 Å². The lowest BCUT2D eigenvalue weighted by atomic mass is 9.73. The predicted molar refractivity (Wildman–Crippen MR) is 122 cm³/mol. The van der Waals surface area contributed by atoms with Crippen LogP contribution in [0.15, 0.2) is 41.3 Å². The van der Waals surface area contributed by atoms with Crippen molar-refractivity contribution in [3.8, 4) is 11.8 Å². The Bertz CT molecular complexity index is 1250. The molecular formula is C24H25F2N3O4S. The summed E-state index contributed by atoms with van der Waals surface area (Å²) in [6.45, 7) is 0.792. The van der Waals surface area contributed by atoms with Crippen molar-refractivity contribution in [2.24, 2.45) is 0 Å². The van der Waals surface area contributed by atoms with Crippen molar-refractivity contribution in [2.75, 3.05) is 44.5 Å². The molecule has 34 heavy (non-hydrogen) atoms. The molecule has 1 spiro atoms. The van der Waals surface area contributed by atoms with Gasteiger partial charge >= 0.3 is 0 Å². The van der Waals surface area contributed by atoms with Crippen LogP contribution >= 0.6 is 0 Å². The van der Waals surface area contributed by atoms with Crippen molar-refractivity contribution in [3.05, 3.63) is 53.1 Å². The van der Waals surface area contributed by atoms with Crippen LogP contribution in [0, 0.1) is 11.3 Å². The third-order valence-corrected chi connectivity index (χ3v) is 7.76. The number of piperidine rings is 1. The van der Waals surface area contributed by atoms with Crippen molar-refractivity contribution >= 4 is 21.4 Å². The SMILES string of the molecule is CS(=O)(=O)c1ccc(OCCN2CCC3(CC2)C(=O)Nc2ccc(C#N)cc23)cc1C(F)CF. The predicted octanol–water partition coefficient (Wildman–Crippen LogP) is 3.31. The normalized spacial score (nSPS) is 18.2. The minimum absolute atomic E-state index is 0.0411. The number of nitriles is 1. The van der Waals surface area contributed by atoms with Gasteiger partial charge in [-0.3, -0.25) is 9.69 Å². The van der Waals surface area contributed by atoms with Crippen LogP contribution in [0.4, 0.5) is 14.5 Å². The Morgan fingerprint density at radius 1 is 1.24 bits per heavy atom. The summed E-state index contributed by atoms with van der Waals surface area (Å²) in [5.74, 6) is 0.223. The molecule has 7 nitrogen and oxygen atoms in total. The van der Waals surface area contributed by atoms with Gasteiger partial charge in [-0.25, -0.2) is 17.2 Å². The molecule has 0 aromatic heterocycles. The lowest BCUT2D eigenvalue weighted by Gasteiger charge is -2.38. The molecule has 0 saturated carbocycles. The first-order valence-corrected chi connectivity index (χ1v) is 12.8. The average molecular weight is 490 g/mol. The van der Waals surface area contributed by atoms with E-state index < -0.39 is 28.1 Å². The van der Waals surface area contributed by atoms with E-state index in [1.54, 1.807) is 18.2 Å². The van der Waals surface area contributed by atoms with Gasteiger partial charge < -0.3 is 10.1 Å². The van der Waals surface area contributed by atoms with Crippen LogP contribution in [0.2, 0.25) is 0 Å². The maximum Gasteiger partial charge on any atom is 0.235 e. The van der Waals surface area contributed by atoms with Gasteiger partial charge in [0.1, 0.15) is 19.0 Å². The minimum Gasteiger partial charge on any atom is -0.492 e. The zero-order chi connectivity index (χ0) is 24.5. The molecule has 2 aliphatic rings. The van der Waals surface area contributed by atoms with Crippen molar-refractivity contribution in [1.29, 1.82) is 5.26 Å². The third-order valence-electron chi connectivity index (χ3n) is 6.59. The van der Waals surface area contributed by atoms with Crippen molar-refractivity contribution in [2.45, 2.75) is 29.3 Å². The molecule has 10 heteroatoms. The highest BCUT2D eigenvalue weighted by molar-refractivity contribution is 7.90. The number of anilines is 1. The number of likely N-dealkylation sites (tertiary alicyclic amines) is 1. The van der Waals surface area contributed by atoms with Crippen LogP contribution in [0.3, 0.4) is 0 Å². The maximum atomic E-state index is 14.0. The second-order valence-corrected chi connectivity index (χ2v) is 10.7. The number of ether oxygens (including phenoxy) is 1. The van der Waals surface area contributed by atoms with Crippen LogP contribution in [0.1, 0.15) is 35.7 Å². The fourth-order valence-corrected chi connectivity index (χ4v) is 5.64. The van der Waals surface area contributed by atoms with E-state index >= 15 is 0 Å². The van der Waals surface area contributed by atoms with Gasteiger partial charge in [-0.05, 0) is 67.9 Å². The van der Waals surface area contributed by atoms with Gasteiger partial charge in [0.2, 0.25) is 5.91 Å². The van der Waals surface area contributed by atoms with Crippen molar-refractivity contribution < 1.29 is 26.7 Å². The first kappa shape index (κ1) is 24.1. The zero-order valence-electron chi connectivity index (χ0n) is 18.7. The Morgan fingerprint density at radius 3 is 2.62 bits per heavy atom. The number of halogens is 2. The molecule has 0 bridgehead atoms. The zero-order valence-corrected chi connectivity index (χ0v) is 19.5. The Morgan fingerprint density at radius 2 is 1.97 bits per heavy atom. The highest BCUT2D eigenvalue weighted by Crippen LogP contribution is 2.45. The fourth-order valence-electron chi connectivity index (χ4n) is 4.71. The molecule has 180 valence electrons. The number of hydrogen-bond donors (Lipinski definition) is 1. The summed E-state index contributed by atoms with van der Waals surface area (Å²) >= 11 is 0. The number of hydrogen-bond acceptors (Lipinski definition) is 6. The minimum atomic E-state index is -3.71. The van der Waals surface area contributed by atoms with Crippen molar-refractivity contribution in [1.82, 2.24) is 4.90 Å². The first-order valence-electron chi connectivity index (χ1n) is 10.9. The summed E-state index contributed by atoms with van der Waals surface area (Å²) in [6, 6.07) is 11.3. The van der Waals surface area contributed by atoms with Crippen LogP contribution < -0.4 is 10.1 Å². The largest absolute Gasteiger partial charge is 0.492 e. The summed E-state index contributed by atoms with van der Waals surface area (Å²) in [6.07, 6.45) is 0.112. The summed E-state index contributed by atoms with van der Waals surface area (Å²) in [7, 11) is -3.71. The van der Waals surface area contributed by atoms with Crippen LogP contribution in [-0.4, -0.2) is 58.4 Å². The number of carbonyl (C=O) groups excluding carboxylic acids is 1. The van der Waals surface area contributed by atoms with Crippen LogP contribution in [0.5, 0.6) is 5.75 Å².